The summed E-state index contributed by atoms with van der Waals surface area (Å²) in [5.74, 6) is 0.791. The molecule has 3 heterocycles. The third-order valence-electron chi connectivity index (χ3n) is 7.69. The molecular weight excluding hydrogens is 497 g/mol. The number of benzene rings is 1. The average molecular weight is 535 g/mol. The minimum Gasteiger partial charge on any atom is -0.411 e. The highest BCUT2D eigenvalue weighted by molar-refractivity contribution is 6.74. The maximum atomic E-state index is 13.6. The first kappa shape index (κ1) is 27.6. The average Bonchev–Trinajstić information content (AvgIpc) is 3.14. The molecule has 1 atom stereocenters. The second-order valence-electron chi connectivity index (χ2n) is 11.4. The van der Waals surface area contributed by atoms with Gasteiger partial charge in [-0.1, -0.05) is 32.9 Å². The van der Waals surface area contributed by atoms with E-state index >= 15 is 0 Å². The van der Waals surface area contributed by atoms with Crippen molar-refractivity contribution in [1.82, 2.24) is 14.6 Å². The predicted molar refractivity (Wildman–Crippen MR) is 142 cm³/mol. The summed E-state index contributed by atoms with van der Waals surface area (Å²) in [6, 6.07) is 8.20. The summed E-state index contributed by atoms with van der Waals surface area (Å²) in [6.45, 7) is 16.8. The minimum atomic E-state index is -4.41. The third-order valence-corrected chi connectivity index (χ3v) is 12.2. The summed E-state index contributed by atoms with van der Waals surface area (Å²) in [7, 11) is -2.08. The van der Waals surface area contributed by atoms with Gasteiger partial charge in [-0.3, -0.25) is 0 Å². The summed E-state index contributed by atoms with van der Waals surface area (Å²) in [5, 5.41) is 4.92. The van der Waals surface area contributed by atoms with Gasteiger partial charge in [-0.2, -0.15) is 13.2 Å². The van der Waals surface area contributed by atoms with Gasteiger partial charge in [0.2, 0.25) is 0 Å². The van der Waals surface area contributed by atoms with Gasteiger partial charge in [0.05, 0.1) is 36.3 Å². The van der Waals surface area contributed by atoms with E-state index in [4.69, 9.17) is 19.2 Å². The van der Waals surface area contributed by atoms with Crippen molar-refractivity contribution < 1.29 is 22.3 Å². The number of imidazole rings is 1. The van der Waals surface area contributed by atoms with Crippen LogP contribution in [0.3, 0.4) is 0 Å². The maximum absolute atomic E-state index is 13.6. The first-order valence-corrected chi connectivity index (χ1v) is 15.6. The first-order valence-electron chi connectivity index (χ1n) is 12.7. The van der Waals surface area contributed by atoms with Gasteiger partial charge in [-0.25, -0.2) is 9.50 Å². The van der Waals surface area contributed by atoms with Gasteiger partial charge in [0.15, 0.2) is 14.0 Å². The maximum Gasteiger partial charge on any atom is 0.416 e. The quantitative estimate of drug-likeness (QED) is 0.343. The molecule has 3 aromatic rings. The van der Waals surface area contributed by atoms with E-state index in [1.807, 2.05) is 19.1 Å². The van der Waals surface area contributed by atoms with Crippen molar-refractivity contribution in [2.45, 2.75) is 78.1 Å². The van der Waals surface area contributed by atoms with Crippen LogP contribution in [0.2, 0.25) is 18.1 Å². The van der Waals surface area contributed by atoms with Crippen molar-refractivity contribution in [2.75, 3.05) is 24.6 Å². The molecular formula is C27H37F3N4O2Si. The molecule has 202 valence electrons. The fourth-order valence-corrected chi connectivity index (χ4v) is 5.26. The smallest absolute Gasteiger partial charge is 0.411 e. The molecule has 37 heavy (non-hydrogen) atoms. The van der Waals surface area contributed by atoms with E-state index in [0.717, 1.165) is 30.7 Å². The highest BCUT2D eigenvalue weighted by atomic mass is 28.4. The Labute approximate surface area is 217 Å². The van der Waals surface area contributed by atoms with Gasteiger partial charge in [-0.05, 0) is 61.3 Å². The second-order valence-corrected chi connectivity index (χ2v) is 16.2. The van der Waals surface area contributed by atoms with Crippen molar-refractivity contribution in [3.63, 3.8) is 0 Å². The SMILES string of the molecule is Cc1c(Cc2c(CO[Si](C)(C)C(C)(C)C)nc3ccc(N4CCOC(C)C4)nn23)cccc1C(F)(F)F. The molecule has 1 aromatic carbocycles. The Hall–Kier alpha value is -2.43. The Balaban J connectivity index is 1.78. The van der Waals surface area contributed by atoms with Crippen LogP contribution < -0.4 is 4.90 Å². The fourth-order valence-electron chi connectivity index (χ4n) is 4.33. The fraction of sp³-hybridized carbons (Fsp3) is 0.556. The lowest BCUT2D eigenvalue weighted by atomic mass is 9.98. The highest BCUT2D eigenvalue weighted by Crippen LogP contribution is 2.38. The van der Waals surface area contributed by atoms with Crippen molar-refractivity contribution in [3.05, 3.63) is 58.4 Å². The highest BCUT2D eigenvalue weighted by Gasteiger charge is 2.38. The number of ether oxygens (including phenoxy) is 1. The van der Waals surface area contributed by atoms with Crippen LogP contribution in [0.15, 0.2) is 30.3 Å². The molecule has 0 amide bonds. The molecule has 1 aliphatic heterocycles. The molecule has 1 fully saturated rings. The lowest BCUT2D eigenvalue weighted by molar-refractivity contribution is -0.138. The number of halogens is 3. The van der Waals surface area contributed by atoms with Gasteiger partial charge < -0.3 is 14.1 Å². The lowest BCUT2D eigenvalue weighted by Crippen LogP contribution is -2.41. The molecule has 0 bridgehead atoms. The van der Waals surface area contributed by atoms with Gasteiger partial charge in [0, 0.05) is 19.5 Å². The van der Waals surface area contributed by atoms with Gasteiger partial charge in [0.25, 0.3) is 0 Å². The van der Waals surface area contributed by atoms with Crippen molar-refractivity contribution in [1.29, 1.82) is 0 Å². The lowest BCUT2D eigenvalue weighted by Gasteiger charge is -2.36. The first-order chi connectivity index (χ1) is 17.2. The Bertz CT molecular complexity index is 1270. The summed E-state index contributed by atoms with van der Waals surface area (Å²) in [6.07, 6.45) is -4.05. The van der Waals surface area contributed by atoms with Crippen LogP contribution in [-0.4, -0.2) is 48.7 Å². The number of fused-ring (bicyclic) bond motifs is 1. The summed E-state index contributed by atoms with van der Waals surface area (Å²) < 4.78 is 54.8. The molecule has 0 spiro atoms. The number of anilines is 1. The molecule has 0 saturated carbocycles. The Morgan fingerprint density at radius 3 is 2.51 bits per heavy atom. The zero-order valence-electron chi connectivity index (χ0n) is 22.7. The van der Waals surface area contributed by atoms with Crippen molar-refractivity contribution in [2.24, 2.45) is 0 Å². The molecule has 1 saturated heterocycles. The number of hydrogen-bond acceptors (Lipinski definition) is 5. The molecule has 2 aromatic heterocycles. The van der Waals surface area contributed by atoms with Crippen LogP contribution in [0.4, 0.5) is 19.0 Å². The number of aromatic nitrogens is 3. The van der Waals surface area contributed by atoms with E-state index in [-0.39, 0.29) is 29.7 Å². The summed E-state index contributed by atoms with van der Waals surface area (Å²) >= 11 is 0. The van der Waals surface area contributed by atoms with Crippen LogP contribution in [0.1, 0.15) is 55.8 Å². The molecule has 6 nitrogen and oxygen atoms in total. The summed E-state index contributed by atoms with van der Waals surface area (Å²) in [5.41, 5.74) is 2.31. The van der Waals surface area contributed by atoms with E-state index in [0.29, 0.717) is 23.5 Å². The second kappa shape index (κ2) is 10.0. The zero-order chi connectivity index (χ0) is 27.2. The normalized spacial score (nSPS) is 17.6. The largest absolute Gasteiger partial charge is 0.416 e. The van der Waals surface area contributed by atoms with E-state index in [1.165, 1.54) is 13.0 Å². The van der Waals surface area contributed by atoms with Crippen LogP contribution in [0.5, 0.6) is 0 Å². The van der Waals surface area contributed by atoms with Gasteiger partial charge >= 0.3 is 6.18 Å². The van der Waals surface area contributed by atoms with Crippen LogP contribution in [-0.2, 0) is 28.4 Å². The molecule has 1 unspecified atom stereocenters. The standard InChI is InChI=1S/C27H37F3N4O2Si/c1-18-16-33(13-14-35-18)25-12-11-24-31-22(17-36-37(6,7)26(3,4)5)23(34(24)32-25)15-20-9-8-10-21(19(20)2)27(28,29)30/h8-12,18H,13-17H2,1-7H3. The van der Waals surface area contributed by atoms with Crippen LogP contribution >= 0.6 is 0 Å². The topological polar surface area (TPSA) is 51.9 Å². The molecule has 10 heteroatoms. The monoisotopic (exact) mass is 534 g/mol. The number of rotatable bonds is 6. The number of hydrogen-bond donors (Lipinski definition) is 0. The molecule has 0 N–H and O–H groups in total. The van der Waals surface area contributed by atoms with Gasteiger partial charge in [0.1, 0.15) is 5.82 Å². The van der Waals surface area contributed by atoms with Crippen molar-refractivity contribution in [3.8, 4) is 0 Å². The molecule has 0 aliphatic carbocycles. The number of nitrogens with zero attached hydrogens (tertiary/aromatic N) is 4. The zero-order valence-corrected chi connectivity index (χ0v) is 23.7. The Kier molecular flexibility index (Phi) is 7.48. The van der Waals surface area contributed by atoms with Crippen LogP contribution in [0, 0.1) is 6.92 Å². The molecule has 4 rings (SSSR count). The van der Waals surface area contributed by atoms with E-state index < -0.39 is 20.1 Å². The minimum absolute atomic E-state index is 0.0163. The van der Waals surface area contributed by atoms with Crippen LogP contribution in [0.25, 0.3) is 5.65 Å². The Morgan fingerprint density at radius 1 is 1.14 bits per heavy atom. The number of alkyl halides is 3. The number of morpholine rings is 1. The van der Waals surface area contributed by atoms with Gasteiger partial charge in [-0.15, -0.1) is 5.10 Å². The Morgan fingerprint density at radius 2 is 1.86 bits per heavy atom. The molecule has 1 aliphatic rings. The van der Waals surface area contributed by atoms with E-state index in [2.05, 4.69) is 38.8 Å². The van der Waals surface area contributed by atoms with Crippen molar-refractivity contribution >= 4 is 19.8 Å². The van der Waals surface area contributed by atoms with E-state index in [1.54, 1.807) is 10.6 Å². The molecule has 0 radical (unpaired) electrons. The third kappa shape index (κ3) is 5.86. The predicted octanol–water partition coefficient (Wildman–Crippen LogP) is 6.39. The summed E-state index contributed by atoms with van der Waals surface area (Å²) in [4.78, 5) is 6.99. The van der Waals surface area contributed by atoms with E-state index in [9.17, 15) is 13.2 Å².